The lowest BCUT2D eigenvalue weighted by molar-refractivity contribution is -0.122. The number of para-hydroxylation sites is 1. The SMILES string of the molecule is Cc1ccc(CC(=O)NC2CCN(CC(=O)Nc3ccccc3)CC2)s1. The molecule has 0 aliphatic carbocycles. The van der Waals surface area contributed by atoms with Crippen LogP contribution in [0.4, 0.5) is 5.69 Å². The first kappa shape index (κ1) is 18.6. The molecule has 1 saturated heterocycles. The van der Waals surface area contributed by atoms with Gasteiger partial charge in [0.2, 0.25) is 11.8 Å². The minimum atomic E-state index is 0.00625. The normalized spacial score (nSPS) is 15.6. The molecule has 1 fully saturated rings. The van der Waals surface area contributed by atoms with Gasteiger partial charge in [0.05, 0.1) is 13.0 Å². The highest BCUT2D eigenvalue weighted by Gasteiger charge is 2.22. The highest BCUT2D eigenvalue weighted by molar-refractivity contribution is 7.12. The van der Waals surface area contributed by atoms with Crippen molar-refractivity contribution in [2.45, 2.75) is 32.2 Å². The van der Waals surface area contributed by atoms with Crippen LogP contribution in [0.5, 0.6) is 0 Å². The molecule has 138 valence electrons. The smallest absolute Gasteiger partial charge is 0.238 e. The number of thiophene rings is 1. The van der Waals surface area contributed by atoms with E-state index in [2.05, 4.69) is 22.5 Å². The number of rotatable bonds is 6. The Bertz CT molecular complexity index is 737. The van der Waals surface area contributed by atoms with E-state index in [0.29, 0.717) is 13.0 Å². The van der Waals surface area contributed by atoms with Gasteiger partial charge in [-0.2, -0.15) is 0 Å². The lowest BCUT2D eigenvalue weighted by Crippen LogP contribution is -2.46. The second kappa shape index (κ2) is 8.96. The number of likely N-dealkylation sites (tertiary alicyclic amines) is 1. The number of amides is 2. The molecule has 6 heteroatoms. The summed E-state index contributed by atoms with van der Waals surface area (Å²) in [5.41, 5.74) is 0.823. The van der Waals surface area contributed by atoms with Gasteiger partial charge < -0.3 is 10.6 Å². The third-order valence-electron chi connectivity index (χ3n) is 4.51. The molecule has 1 aliphatic rings. The quantitative estimate of drug-likeness (QED) is 0.821. The topological polar surface area (TPSA) is 61.4 Å². The van der Waals surface area contributed by atoms with Crippen LogP contribution in [0.15, 0.2) is 42.5 Å². The van der Waals surface area contributed by atoms with Gasteiger partial charge in [-0.05, 0) is 44.0 Å². The molecule has 0 unspecified atom stereocenters. The van der Waals surface area contributed by atoms with Gasteiger partial charge in [-0.25, -0.2) is 0 Å². The van der Waals surface area contributed by atoms with Crippen LogP contribution < -0.4 is 10.6 Å². The van der Waals surface area contributed by atoms with E-state index in [0.717, 1.165) is 36.5 Å². The number of hydrogen-bond donors (Lipinski definition) is 2. The first-order valence-electron chi connectivity index (χ1n) is 9.00. The van der Waals surface area contributed by atoms with E-state index in [4.69, 9.17) is 0 Å². The third-order valence-corrected chi connectivity index (χ3v) is 5.51. The molecule has 0 bridgehead atoms. The van der Waals surface area contributed by atoms with Crippen LogP contribution in [0.2, 0.25) is 0 Å². The zero-order chi connectivity index (χ0) is 18.4. The summed E-state index contributed by atoms with van der Waals surface area (Å²) in [6.07, 6.45) is 2.22. The maximum atomic E-state index is 12.2. The van der Waals surface area contributed by atoms with Crippen molar-refractivity contribution in [3.8, 4) is 0 Å². The van der Waals surface area contributed by atoms with Gasteiger partial charge in [0.25, 0.3) is 0 Å². The molecule has 0 atom stereocenters. The Labute approximate surface area is 158 Å². The Morgan fingerprint density at radius 2 is 1.81 bits per heavy atom. The van der Waals surface area contributed by atoms with E-state index in [1.165, 1.54) is 4.88 Å². The van der Waals surface area contributed by atoms with Crippen molar-refractivity contribution >= 4 is 28.8 Å². The van der Waals surface area contributed by atoms with Crippen LogP contribution in [0.25, 0.3) is 0 Å². The summed E-state index contributed by atoms with van der Waals surface area (Å²) in [5.74, 6) is 0.0962. The van der Waals surface area contributed by atoms with Gasteiger partial charge in [0, 0.05) is 34.6 Å². The fraction of sp³-hybridized carbons (Fsp3) is 0.400. The lowest BCUT2D eigenvalue weighted by atomic mass is 10.0. The molecule has 2 aromatic rings. The number of nitrogens with one attached hydrogen (secondary N) is 2. The predicted octanol–water partition coefficient (Wildman–Crippen LogP) is 2.82. The summed E-state index contributed by atoms with van der Waals surface area (Å²) >= 11 is 1.67. The fourth-order valence-electron chi connectivity index (χ4n) is 3.18. The molecule has 0 spiro atoms. The van der Waals surface area contributed by atoms with Gasteiger partial charge in [-0.1, -0.05) is 18.2 Å². The first-order chi connectivity index (χ1) is 12.6. The Morgan fingerprint density at radius 3 is 2.46 bits per heavy atom. The van der Waals surface area contributed by atoms with Crippen molar-refractivity contribution < 1.29 is 9.59 Å². The Balaban J connectivity index is 1.37. The zero-order valence-corrected chi connectivity index (χ0v) is 15.8. The first-order valence-corrected chi connectivity index (χ1v) is 9.82. The number of benzene rings is 1. The highest BCUT2D eigenvalue weighted by atomic mass is 32.1. The average Bonchev–Trinajstić information content (AvgIpc) is 3.02. The Kier molecular flexibility index (Phi) is 6.41. The highest BCUT2D eigenvalue weighted by Crippen LogP contribution is 2.16. The standard InChI is InChI=1S/C20H25N3O2S/c1-15-7-8-18(26-15)13-19(24)21-17-9-11-23(12-10-17)14-20(25)22-16-5-3-2-4-6-16/h2-8,17H,9-14H2,1H3,(H,21,24)(H,22,25). The number of anilines is 1. The van der Waals surface area contributed by atoms with E-state index in [1.54, 1.807) is 11.3 Å². The molecule has 2 N–H and O–H groups in total. The molecule has 1 aromatic heterocycles. The number of carbonyl (C=O) groups excluding carboxylic acids is 2. The van der Waals surface area contributed by atoms with Gasteiger partial charge in [0.15, 0.2) is 0 Å². The van der Waals surface area contributed by atoms with Gasteiger partial charge in [-0.3, -0.25) is 14.5 Å². The zero-order valence-electron chi connectivity index (χ0n) is 15.0. The molecule has 1 aromatic carbocycles. The molecular formula is C20H25N3O2S. The fourth-order valence-corrected chi connectivity index (χ4v) is 4.07. The average molecular weight is 372 g/mol. The number of hydrogen-bond acceptors (Lipinski definition) is 4. The number of nitrogens with zero attached hydrogens (tertiary/aromatic N) is 1. The Morgan fingerprint density at radius 1 is 1.08 bits per heavy atom. The summed E-state index contributed by atoms with van der Waals surface area (Å²) < 4.78 is 0. The molecule has 0 saturated carbocycles. The van der Waals surface area contributed by atoms with E-state index in [-0.39, 0.29) is 17.9 Å². The van der Waals surface area contributed by atoms with Crippen molar-refractivity contribution in [3.05, 3.63) is 52.2 Å². The van der Waals surface area contributed by atoms with Gasteiger partial charge >= 0.3 is 0 Å². The van der Waals surface area contributed by atoms with Gasteiger partial charge in [0.1, 0.15) is 0 Å². The lowest BCUT2D eigenvalue weighted by Gasteiger charge is -2.31. The van der Waals surface area contributed by atoms with Crippen LogP contribution in [0.1, 0.15) is 22.6 Å². The number of aryl methyl sites for hydroxylation is 1. The molecule has 1 aliphatic heterocycles. The van der Waals surface area contributed by atoms with E-state index in [1.807, 2.05) is 42.5 Å². The summed E-state index contributed by atoms with van der Waals surface area (Å²) in [4.78, 5) is 28.8. The second-order valence-corrected chi connectivity index (χ2v) is 8.09. The molecule has 26 heavy (non-hydrogen) atoms. The molecule has 2 amide bonds. The van der Waals surface area contributed by atoms with Crippen LogP contribution in [0, 0.1) is 6.92 Å². The number of carbonyl (C=O) groups is 2. The van der Waals surface area contributed by atoms with Crippen LogP contribution in [-0.2, 0) is 16.0 Å². The molecule has 3 rings (SSSR count). The van der Waals surface area contributed by atoms with Crippen molar-refractivity contribution in [1.29, 1.82) is 0 Å². The van der Waals surface area contributed by atoms with Crippen molar-refractivity contribution in [1.82, 2.24) is 10.2 Å². The molecule has 0 radical (unpaired) electrons. The van der Waals surface area contributed by atoms with Gasteiger partial charge in [-0.15, -0.1) is 11.3 Å². The van der Waals surface area contributed by atoms with Crippen LogP contribution in [0.3, 0.4) is 0 Å². The summed E-state index contributed by atoms with van der Waals surface area (Å²) in [7, 11) is 0. The van der Waals surface area contributed by atoms with Crippen LogP contribution in [-0.4, -0.2) is 42.4 Å². The summed E-state index contributed by atoms with van der Waals surface area (Å²) in [6, 6.07) is 13.8. The monoisotopic (exact) mass is 371 g/mol. The minimum absolute atomic E-state index is 0.00625. The minimum Gasteiger partial charge on any atom is -0.353 e. The number of piperidine rings is 1. The van der Waals surface area contributed by atoms with Crippen molar-refractivity contribution in [2.24, 2.45) is 0 Å². The molecule has 5 nitrogen and oxygen atoms in total. The summed E-state index contributed by atoms with van der Waals surface area (Å²) in [5, 5.41) is 6.04. The van der Waals surface area contributed by atoms with E-state index >= 15 is 0 Å². The van der Waals surface area contributed by atoms with Crippen LogP contribution >= 0.6 is 11.3 Å². The van der Waals surface area contributed by atoms with Crippen molar-refractivity contribution in [3.63, 3.8) is 0 Å². The Hall–Kier alpha value is -2.18. The largest absolute Gasteiger partial charge is 0.353 e. The molecule has 2 heterocycles. The van der Waals surface area contributed by atoms with Crippen molar-refractivity contribution in [2.75, 3.05) is 25.0 Å². The van der Waals surface area contributed by atoms with E-state index < -0.39 is 0 Å². The predicted molar refractivity (Wildman–Crippen MR) is 105 cm³/mol. The maximum absolute atomic E-state index is 12.2. The summed E-state index contributed by atoms with van der Waals surface area (Å²) in [6.45, 7) is 4.09. The molecular weight excluding hydrogens is 346 g/mol. The second-order valence-electron chi connectivity index (χ2n) is 6.72. The van der Waals surface area contributed by atoms with E-state index in [9.17, 15) is 9.59 Å². The third kappa shape index (κ3) is 5.68. The maximum Gasteiger partial charge on any atom is 0.238 e.